The van der Waals surface area contributed by atoms with Crippen LogP contribution in [0.25, 0.3) is 0 Å². The lowest BCUT2D eigenvalue weighted by Gasteiger charge is -2.34. The number of carboxylic acid groups (broad SMARTS) is 1. The van der Waals surface area contributed by atoms with E-state index in [2.05, 4.69) is 4.98 Å². The summed E-state index contributed by atoms with van der Waals surface area (Å²) in [5.41, 5.74) is -0.370. The van der Waals surface area contributed by atoms with Crippen LogP contribution in [0.15, 0.2) is 18.3 Å². The Bertz CT molecular complexity index is 546. The van der Waals surface area contributed by atoms with Crippen LogP contribution in [0.2, 0.25) is 0 Å². The van der Waals surface area contributed by atoms with Crippen molar-refractivity contribution in [2.75, 3.05) is 4.90 Å². The Kier molecular flexibility index (Phi) is 3.09. The molecule has 1 aromatic heterocycles. The van der Waals surface area contributed by atoms with Gasteiger partial charge in [0, 0.05) is 19.0 Å². The van der Waals surface area contributed by atoms with Crippen LogP contribution < -0.4 is 4.90 Å². The Morgan fingerprint density at radius 2 is 1.89 bits per heavy atom. The molecule has 6 heteroatoms. The highest BCUT2D eigenvalue weighted by Gasteiger charge is 2.38. The number of imide groups is 1. The summed E-state index contributed by atoms with van der Waals surface area (Å²) < 4.78 is 0. The minimum absolute atomic E-state index is 0.00423. The molecule has 1 saturated heterocycles. The maximum Gasteiger partial charge on any atom is 0.335 e. The van der Waals surface area contributed by atoms with Gasteiger partial charge in [0.2, 0.25) is 11.8 Å². The highest BCUT2D eigenvalue weighted by molar-refractivity contribution is 6.16. The van der Waals surface area contributed by atoms with Gasteiger partial charge in [0.05, 0.1) is 5.56 Å². The molecule has 0 bridgehead atoms. The zero-order valence-electron chi connectivity index (χ0n) is 10.7. The Balaban J connectivity index is 2.36. The monoisotopic (exact) mass is 262 g/mol. The Labute approximate surface area is 110 Å². The zero-order chi connectivity index (χ0) is 14.2. The van der Waals surface area contributed by atoms with Crippen LogP contribution in [-0.2, 0) is 9.59 Å². The quantitative estimate of drug-likeness (QED) is 0.815. The maximum absolute atomic E-state index is 12.0. The van der Waals surface area contributed by atoms with Gasteiger partial charge in [0.1, 0.15) is 5.82 Å². The van der Waals surface area contributed by atoms with Gasteiger partial charge < -0.3 is 5.11 Å². The van der Waals surface area contributed by atoms with Gasteiger partial charge in [-0.2, -0.15) is 0 Å². The highest BCUT2D eigenvalue weighted by Crippen LogP contribution is 2.33. The van der Waals surface area contributed by atoms with E-state index in [1.165, 1.54) is 18.3 Å². The number of carbonyl (C=O) groups is 3. The molecule has 0 radical (unpaired) electrons. The van der Waals surface area contributed by atoms with Crippen molar-refractivity contribution in [2.24, 2.45) is 5.41 Å². The van der Waals surface area contributed by atoms with Crippen molar-refractivity contribution in [3.05, 3.63) is 23.9 Å². The maximum atomic E-state index is 12.0. The van der Waals surface area contributed by atoms with Gasteiger partial charge >= 0.3 is 5.97 Å². The molecule has 0 unspecified atom stereocenters. The zero-order valence-corrected chi connectivity index (χ0v) is 10.7. The van der Waals surface area contributed by atoms with Crippen molar-refractivity contribution in [1.82, 2.24) is 4.98 Å². The summed E-state index contributed by atoms with van der Waals surface area (Å²) in [5, 5.41) is 8.91. The summed E-state index contributed by atoms with van der Waals surface area (Å²) in [7, 11) is 0. The summed E-state index contributed by atoms with van der Waals surface area (Å²) in [6.07, 6.45) is 1.74. The smallest absolute Gasteiger partial charge is 0.335 e. The molecular formula is C13H14N2O4. The molecule has 0 saturated carbocycles. The van der Waals surface area contributed by atoms with Gasteiger partial charge in [-0.25, -0.2) is 14.7 Å². The number of amides is 2. The Morgan fingerprint density at radius 1 is 1.32 bits per heavy atom. The minimum atomic E-state index is -1.12. The largest absolute Gasteiger partial charge is 0.478 e. The van der Waals surface area contributed by atoms with Crippen LogP contribution in [0.5, 0.6) is 0 Å². The highest BCUT2D eigenvalue weighted by atomic mass is 16.4. The van der Waals surface area contributed by atoms with Crippen LogP contribution >= 0.6 is 0 Å². The number of aromatic nitrogens is 1. The molecule has 0 aliphatic carbocycles. The molecule has 2 heterocycles. The number of rotatable bonds is 2. The van der Waals surface area contributed by atoms with Gasteiger partial charge in [0.15, 0.2) is 0 Å². The van der Waals surface area contributed by atoms with Crippen molar-refractivity contribution in [3.63, 3.8) is 0 Å². The first-order valence-corrected chi connectivity index (χ1v) is 5.85. The van der Waals surface area contributed by atoms with Gasteiger partial charge in [0.25, 0.3) is 0 Å². The second kappa shape index (κ2) is 4.46. The van der Waals surface area contributed by atoms with E-state index in [1.54, 1.807) is 0 Å². The summed E-state index contributed by atoms with van der Waals surface area (Å²) in [6, 6.07) is 2.55. The predicted molar refractivity (Wildman–Crippen MR) is 66.7 cm³/mol. The van der Waals surface area contributed by atoms with Crippen LogP contribution in [-0.4, -0.2) is 27.9 Å². The van der Waals surface area contributed by atoms with Gasteiger partial charge in [-0.05, 0) is 17.5 Å². The number of carbonyl (C=O) groups excluding carboxylic acids is 2. The first-order chi connectivity index (χ1) is 8.80. The summed E-state index contributed by atoms with van der Waals surface area (Å²) in [5.74, 6) is -1.75. The fraction of sp³-hybridized carbons (Fsp3) is 0.385. The first kappa shape index (κ1) is 13.2. The van der Waals surface area contributed by atoms with E-state index in [1.807, 2.05) is 13.8 Å². The lowest BCUT2D eigenvalue weighted by Crippen LogP contribution is -2.46. The fourth-order valence-corrected chi connectivity index (χ4v) is 2.11. The van der Waals surface area contributed by atoms with Crippen LogP contribution in [0.1, 0.15) is 37.0 Å². The van der Waals surface area contributed by atoms with Gasteiger partial charge in [-0.3, -0.25) is 9.59 Å². The molecule has 2 amide bonds. The molecular weight excluding hydrogens is 248 g/mol. The normalized spacial score (nSPS) is 18.5. The third kappa shape index (κ3) is 2.62. The molecule has 1 fully saturated rings. The number of hydrogen-bond donors (Lipinski definition) is 1. The van der Waals surface area contributed by atoms with Crippen molar-refractivity contribution < 1.29 is 19.5 Å². The number of anilines is 1. The van der Waals surface area contributed by atoms with Crippen molar-refractivity contribution in [1.29, 1.82) is 0 Å². The van der Waals surface area contributed by atoms with E-state index in [-0.39, 0.29) is 41.5 Å². The van der Waals surface area contributed by atoms with E-state index >= 15 is 0 Å². The number of nitrogens with zero attached hydrogens (tertiary/aromatic N) is 2. The molecule has 1 aliphatic heterocycles. The van der Waals surface area contributed by atoms with E-state index in [0.29, 0.717) is 0 Å². The average Bonchev–Trinajstić information content (AvgIpc) is 2.26. The van der Waals surface area contributed by atoms with Crippen molar-refractivity contribution in [2.45, 2.75) is 26.7 Å². The molecule has 1 aromatic rings. The minimum Gasteiger partial charge on any atom is -0.478 e. The van der Waals surface area contributed by atoms with E-state index in [4.69, 9.17) is 5.11 Å². The molecule has 0 atom stereocenters. The van der Waals surface area contributed by atoms with Crippen LogP contribution in [0.4, 0.5) is 5.82 Å². The first-order valence-electron chi connectivity index (χ1n) is 5.85. The SMILES string of the molecule is CC1(C)CC(=O)N(c2cc(C(=O)O)ccn2)C(=O)C1. The number of pyridine rings is 1. The standard InChI is InChI=1S/C13H14N2O4/c1-13(2)6-10(16)15(11(17)7-13)9-5-8(12(18)19)3-4-14-9/h3-5H,6-7H2,1-2H3,(H,18,19). The fourth-order valence-electron chi connectivity index (χ4n) is 2.11. The molecule has 2 rings (SSSR count). The number of hydrogen-bond acceptors (Lipinski definition) is 4. The second-order valence-electron chi connectivity index (χ2n) is 5.35. The molecule has 1 aliphatic rings. The predicted octanol–water partition coefficient (Wildman–Crippen LogP) is 1.46. The molecule has 0 spiro atoms. The Hall–Kier alpha value is -2.24. The lowest BCUT2D eigenvalue weighted by molar-refractivity contribution is -0.132. The summed E-state index contributed by atoms with van der Waals surface area (Å²) >= 11 is 0. The third-order valence-electron chi connectivity index (χ3n) is 2.98. The summed E-state index contributed by atoms with van der Waals surface area (Å²) in [4.78, 5) is 39.8. The van der Waals surface area contributed by atoms with Crippen molar-refractivity contribution >= 4 is 23.6 Å². The second-order valence-corrected chi connectivity index (χ2v) is 5.35. The Morgan fingerprint density at radius 3 is 2.42 bits per heavy atom. The summed E-state index contributed by atoms with van der Waals surface area (Å²) in [6.45, 7) is 3.70. The molecule has 0 aromatic carbocycles. The number of carboxylic acids is 1. The molecule has 6 nitrogen and oxygen atoms in total. The average molecular weight is 262 g/mol. The lowest BCUT2D eigenvalue weighted by atomic mass is 9.82. The van der Waals surface area contributed by atoms with E-state index < -0.39 is 5.97 Å². The third-order valence-corrected chi connectivity index (χ3v) is 2.98. The van der Waals surface area contributed by atoms with Gasteiger partial charge in [-0.15, -0.1) is 0 Å². The van der Waals surface area contributed by atoms with Crippen LogP contribution in [0.3, 0.4) is 0 Å². The van der Waals surface area contributed by atoms with E-state index in [0.717, 1.165) is 4.90 Å². The van der Waals surface area contributed by atoms with Gasteiger partial charge in [-0.1, -0.05) is 13.8 Å². The number of aromatic carboxylic acids is 1. The van der Waals surface area contributed by atoms with E-state index in [9.17, 15) is 14.4 Å². The molecule has 100 valence electrons. The van der Waals surface area contributed by atoms with Crippen LogP contribution in [0, 0.1) is 5.41 Å². The molecule has 1 N–H and O–H groups in total. The van der Waals surface area contributed by atoms with Crippen molar-refractivity contribution in [3.8, 4) is 0 Å². The number of piperidine rings is 1. The molecule has 19 heavy (non-hydrogen) atoms. The topological polar surface area (TPSA) is 87.6 Å².